The van der Waals surface area contributed by atoms with E-state index in [9.17, 15) is 28.1 Å². The zero-order valence-corrected chi connectivity index (χ0v) is 18.9. The van der Waals surface area contributed by atoms with Crippen molar-refractivity contribution in [3.63, 3.8) is 0 Å². The molecule has 0 radical (unpaired) electrons. The minimum atomic E-state index is -3.88. The summed E-state index contributed by atoms with van der Waals surface area (Å²) >= 11 is 1.36. The van der Waals surface area contributed by atoms with Gasteiger partial charge in [0.05, 0.1) is 15.6 Å². The molecule has 0 aliphatic carbocycles. The Morgan fingerprint density at radius 3 is 2.34 bits per heavy atom. The molecule has 12 heteroatoms. The first-order valence-corrected chi connectivity index (χ1v) is 12.1. The smallest absolute Gasteiger partial charge is 0.270 e. The van der Waals surface area contributed by atoms with Gasteiger partial charge in [-0.05, 0) is 30.3 Å². The molecule has 0 aromatic heterocycles. The second kappa shape index (κ2) is 10.1. The van der Waals surface area contributed by atoms with Crippen LogP contribution >= 0.6 is 11.8 Å². The molecule has 0 unspecified atom stereocenters. The fraction of sp³-hybridized carbons (Fsp3) is 0.300. The zero-order chi connectivity index (χ0) is 23.3. The largest absolute Gasteiger partial charge is 0.339 e. The van der Waals surface area contributed by atoms with Crippen LogP contribution in [-0.2, 0) is 19.6 Å². The molecule has 1 saturated heterocycles. The van der Waals surface area contributed by atoms with Gasteiger partial charge < -0.3 is 10.2 Å². The predicted molar refractivity (Wildman–Crippen MR) is 120 cm³/mol. The summed E-state index contributed by atoms with van der Waals surface area (Å²) in [4.78, 5) is 36.2. The third kappa shape index (κ3) is 5.84. The number of hydrogen-bond acceptors (Lipinski definition) is 7. The molecule has 2 amide bonds. The van der Waals surface area contributed by atoms with Crippen molar-refractivity contribution in [1.82, 2.24) is 9.21 Å². The van der Waals surface area contributed by atoms with Gasteiger partial charge in [0.25, 0.3) is 5.69 Å². The minimum Gasteiger partial charge on any atom is -0.339 e. The average molecular weight is 479 g/mol. The molecule has 0 atom stereocenters. The van der Waals surface area contributed by atoms with Crippen LogP contribution in [0.15, 0.2) is 58.3 Å². The van der Waals surface area contributed by atoms with Crippen molar-refractivity contribution in [2.75, 3.05) is 37.2 Å². The van der Waals surface area contributed by atoms with Gasteiger partial charge in [-0.15, -0.1) is 11.8 Å². The Balaban J connectivity index is 1.53. The molecule has 1 heterocycles. The Bertz CT molecular complexity index is 1110. The van der Waals surface area contributed by atoms with Crippen LogP contribution in [0, 0.1) is 10.1 Å². The molecule has 1 N–H and O–H groups in total. The highest BCUT2D eigenvalue weighted by Gasteiger charge is 2.30. The van der Waals surface area contributed by atoms with Gasteiger partial charge in [-0.2, -0.15) is 4.31 Å². The first kappa shape index (κ1) is 23.7. The normalized spacial score (nSPS) is 14.7. The number of nitrogens with zero attached hydrogens (tertiary/aromatic N) is 3. The number of rotatable bonds is 7. The highest BCUT2D eigenvalue weighted by molar-refractivity contribution is 8.00. The van der Waals surface area contributed by atoms with E-state index in [1.165, 1.54) is 41.2 Å². The van der Waals surface area contributed by atoms with Crippen molar-refractivity contribution < 1.29 is 22.9 Å². The zero-order valence-electron chi connectivity index (χ0n) is 17.3. The second-order valence-corrected chi connectivity index (χ2v) is 10.0. The average Bonchev–Trinajstić information content (AvgIpc) is 2.78. The lowest BCUT2D eigenvalue weighted by molar-refractivity contribution is -0.385. The summed E-state index contributed by atoms with van der Waals surface area (Å²) in [5.41, 5.74) is 0.385. The molecule has 0 bridgehead atoms. The number of nitro groups is 1. The van der Waals surface area contributed by atoms with Crippen LogP contribution in [0.4, 0.5) is 11.4 Å². The van der Waals surface area contributed by atoms with E-state index in [1.54, 1.807) is 17.0 Å². The topological polar surface area (TPSA) is 130 Å². The molecule has 3 rings (SSSR count). The van der Waals surface area contributed by atoms with Crippen LogP contribution < -0.4 is 5.32 Å². The molecule has 2 aromatic carbocycles. The number of nitrogens with one attached hydrogen (secondary N) is 1. The predicted octanol–water partition coefficient (Wildman–Crippen LogP) is 2.18. The van der Waals surface area contributed by atoms with E-state index in [4.69, 9.17) is 0 Å². The molecule has 10 nitrogen and oxygen atoms in total. The summed E-state index contributed by atoms with van der Waals surface area (Å²) in [6, 6.07) is 12.1. The maximum atomic E-state index is 12.8. The van der Waals surface area contributed by atoms with E-state index in [2.05, 4.69) is 5.32 Å². The van der Waals surface area contributed by atoms with E-state index in [-0.39, 0.29) is 54.3 Å². The summed E-state index contributed by atoms with van der Waals surface area (Å²) in [6.07, 6.45) is 0. The van der Waals surface area contributed by atoms with Crippen LogP contribution in [-0.4, -0.2) is 66.3 Å². The van der Waals surface area contributed by atoms with Gasteiger partial charge in [0.15, 0.2) is 0 Å². The van der Waals surface area contributed by atoms with Crippen molar-refractivity contribution in [2.24, 2.45) is 0 Å². The Morgan fingerprint density at radius 2 is 1.75 bits per heavy atom. The molecule has 170 valence electrons. The van der Waals surface area contributed by atoms with E-state index >= 15 is 0 Å². The lowest BCUT2D eigenvalue weighted by atomic mass is 10.3. The number of carbonyl (C=O) groups is 2. The summed E-state index contributed by atoms with van der Waals surface area (Å²) in [7, 11) is -3.88. The number of hydrogen-bond donors (Lipinski definition) is 1. The number of sulfonamides is 1. The van der Waals surface area contributed by atoms with Crippen LogP contribution in [0.2, 0.25) is 0 Å². The molecule has 1 aliphatic heterocycles. The van der Waals surface area contributed by atoms with Gasteiger partial charge in [-0.3, -0.25) is 19.7 Å². The number of non-ortho nitro benzene ring substituents is 1. The monoisotopic (exact) mass is 478 g/mol. The molecule has 0 saturated carbocycles. The van der Waals surface area contributed by atoms with Gasteiger partial charge in [0.2, 0.25) is 21.8 Å². The lowest BCUT2D eigenvalue weighted by Crippen LogP contribution is -2.50. The molecule has 1 fully saturated rings. The Labute approximate surface area is 189 Å². The highest BCUT2D eigenvalue weighted by atomic mass is 32.2. The lowest BCUT2D eigenvalue weighted by Gasteiger charge is -2.34. The van der Waals surface area contributed by atoms with Crippen LogP contribution in [0.3, 0.4) is 0 Å². The molecule has 2 aromatic rings. The summed E-state index contributed by atoms with van der Waals surface area (Å²) < 4.78 is 26.9. The highest BCUT2D eigenvalue weighted by Crippen LogP contribution is 2.23. The number of piperazine rings is 1. The molecule has 32 heavy (non-hydrogen) atoms. The maximum Gasteiger partial charge on any atom is 0.270 e. The van der Waals surface area contributed by atoms with Gasteiger partial charge in [-0.25, -0.2) is 8.42 Å². The Hall–Kier alpha value is -2.96. The van der Waals surface area contributed by atoms with E-state index in [0.717, 1.165) is 11.0 Å². The van der Waals surface area contributed by atoms with Crippen molar-refractivity contribution >= 4 is 45.0 Å². The number of benzene rings is 2. The number of anilines is 1. The van der Waals surface area contributed by atoms with Crippen molar-refractivity contribution in [2.45, 2.75) is 16.7 Å². The number of nitro benzene ring substituents is 1. The maximum absolute atomic E-state index is 12.8. The van der Waals surface area contributed by atoms with Crippen LogP contribution in [0.1, 0.15) is 6.92 Å². The van der Waals surface area contributed by atoms with Crippen LogP contribution in [0.25, 0.3) is 0 Å². The fourth-order valence-electron chi connectivity index (χ4n) is 3.16. The number of amides is 2. The first-order valence-electron chi connectivity index (χ1n) is 9.69. The van der Waals surface area contributed by atoms with E-state index < -0.39 is 14.9 Å². The van der Waals surface area contributed by atoms with Gasteiger partial charge in [-0.1, -0.05) is 6.07 Å². The molecular weight excluding hydrogens is 456 g/mol. The van der Waals surface area contributed by atoms with E-state index in [1.807, 2.05) is 12.1 Å². The fourth-order valence-corrected chi connectivity index (χ4v) is 5.42. The Morgan fingerprint density at radius 1 is 1.09 bits per heavy atom. The number of thioether (sulfide) groups is 1. The second-order valence-electron chi connectivity index (χ2n) is 7.03. The standard InChI is InChI=1S/C20H22N4O6S2/c1-15(25)21-16-5-7-18(8-6-16)31-14-20(26)22-9-11-23(12-10-22)32(29,30)19-4-2-3-17(13-19)24(27)28/h2-8,13H,9-12,14H2,1H3,(H,21,25). The first-order chi connectivity index (χ1) is 15.2. The SMILES string of the molecule is CC(=O)Nc1ccc(SCC(=O)N2CCN(S(=O)(=O)c3cccc([N+](=O)[O-])c3)CC2)cc1. The minimum absolute atomic E-state index is 0.103. The summed E-state index contributed by atoms with van der Waals surface area (Å²) in [5, 5.41) is 13.6. The third-order valence-electron chi connectivity index (χ3n) is 4.79. The third-order valence-corrected chi connectivity index (χ3v) is 7.69. The molecule has 1 aliphatic rings. The van der Waals surface area contributed by atoms with Crippen molar-refractivity contribution in [3.05, 3.63) is 58.6 Å². The van der Waals surface area contributed by atoms with Crippen molar-refractivity contribution in [1.29, 1.82) is 0 Å². The van der Waals surface area contributed by atoms with Crippen molar-refractivity contribution in [3.8, 4) is 0 Å². The van der Waals surface area contributed by atoms with Crippen LogP contribution in [0.5, 0.6) is 0 Å². The summed E-state index contributed by atoms with van der Waals surface area (Å²) in [5.74, 6) is -0.0579. The van der Waals surface area contributed by atoms with Gasteiger partial charge in [0, 0.05) is 55.8 Å². The molecular formula is C20H22N4O6S2. The van der Waals surface area contributed by atoms with Gasteiger partial charge >= 0.3 is 0 Å². The summed E-state index contributed by atoms with van der Waals surface area (Å²) in [6.45, 7) is 2.15. The van der Waals surface area contributed by atoms with Gasteiger partial charge in [0.1, 0.15) is 0 Å². The molecule has 0 spiro atoms. The van der Waals surface area contributed by atoms with E-state index in [0.29, 0.717) is 5.69 Å². The quantitative estimate of drug-likeness (QED) is 0.367. The number of carbonyl (C=O) groups excluding carboxylic acids is 2. The Kier molecular flexibility index (Phi) is 7.48.